The van der Waals surface area contributed by atoms with Gasteiger partial charge < -0.3 is 5.41 Å². The number of nitrogens with one attached hydrogen (secondary N) is 1. The maximum Gasteiger partial charge on any atom is 0.203 e. The van der Waals surface area contributed by atoms with E-state index in [4.69, 9.17) is 9.97 Å². The van der Waals surface area contributed by atoms with E-state index >= 15 is 0 Å². The van der Waals surface area contributed by atoms with Gasteiger partial charge in [0, 0.05) is 0 Å². The third-order valence-corrected chi connectivity index (χ3v) is 0.158. The Morgan fingerprint density at radius 3 is 2.25 bits per heavy atom. The summed E-state index contributed by atoms with van der Waals surface area (Å²) in [6, 6.07) is 0. The molecule has 2 nitrogen and oxygen atoms in total. The van der Waals surface area contributed by atoms with E-state index < -0.39 is 0 Å². The lowest BCUT2D eigenvalue weighted by atomic mass is 11.7. The lowest BCUT2D eigenvalue weighted by Gasteiger charge is -1.33. The maximum atomic E-state index is 9.03. The minimum Gasteiger partial charge on any atom is -0.300 e. The van der Waals surface area contributed by atoms with Gasteiger partial charge in [-0.25, -0.2) is 0 Å². The molecule has 0 aromatic rings. The summed E-state index contributed by atoms with van der Waals surface area (Å²) < 4.78 is 9.03. The highest BCUT2D eigenvalue weighted by Crippen LogP contribution is 1.72. The van der Waals surface area contributed by atoms with Crippen LogP contribution in [0.15, 0.2) is 0 Å². The molecule has 0 fully saturated rings. The zero-order valence-corrected chi connectivity index (χ0v) is 2.83. The van der Waals surface area contributed by atoms with E-state index in [2.05, 4.69) is 0 Å². The number of hydrogen-bond acceptors (Lipinski definition) is 2. The fraction of sp³-hybridized carbons (Fsp3) is 0. The van der Waals surface area contributed by atoms with Crippen LogP contribution in [0.25, 0.3) is 0 Å². The Labute approximate surface area is 25.5 Å². The second-order valence-electron chi connectivity index (χ2n) is 0.235. The first kappa shape index (κ1) is 3.77. The molecule has 0 rings (SSSR count). The van der Waals surface area contributed by atoms with E-state index in [0.29, 0.717) is 0 Å². The molecule has 0 aromatic carbocycles. The van der Waals surface area contributed by atoms with Gasteiger partial charge in [-0.2, -0.15) is 0 Å². The van der Waals surface area contributed by atoms with Crippen molar-refractivity contribution in [2.75, 3.05) is 0 Å². The molecule has 22 valence electrons. The monoisotopic (exact) mass is 75.0 g/mol. The summed E-state index contributed by atoms with van der Waals surface area (Å²) in [6.45, 7) is 0. The zero-order chi connectivity index (χ0) is 3.41. The van der Waals surface area contributed by atoms with Gasteiger partial charge in [0.2, 0.25) is 8.46 Å². The van der Waals surface area contributed by atoms with Crippen LogP contribution >= 0.6 is 8.46 Å². The first-order chi connectivity index (χ1) is 1.91. The van der Waals surface area contributed by atoms with Gasteiger partial charge in [-0.1, -0.05) is 0 Å². The lowest BCUT2D eigenvalue weighted by molar-refractivity contribution is 0.604. The Morgan fingerprint density at radius 2 is 2.25 bits per heavy atom. The van der Waals surface area contributed by atoms with Crippen LogP contribution in [-0.4, -0.2) is 5.96 Å². The van der Waals surface area contributed by atoms with Crippen molar-refractivity contribution >= 4 is 14.4 Å². The van der Waals surface area contributed by atoms with Crippen LogP contribution in [0.3, 0.4) is 0 Å². The summed E-state index contributed by atoms with van der Waals surface area (Å²) >= 11 is 0. The highest BCUT2D eigenvalue weighted by molar-refractivity contribution is 7.42. The molecule has 0 aliphatic rings. The minimum atomic E-state index is -0.210. The summed E-state index contributed by atoms with van der Waals surface area (Å²) in [6.07, 6.45) is 0. The average Bonchev–Trinajstić information content (AvgIpc) is 1.37. The fourth-order valence-electron chi connectivity index (χ4n) is 0. The van der Waals surface area contributed by atoms with Crippen molar-refractivity contribution < 1.29 is 4.57 Å². The predicted molar refractivity (Wildman–Crippen MR) is 16.4 cm³/mol. The molecule has 0 atom stereocenters. The molecule has 0 aliphatic heterocycles. The highest BCUT2D eigenvalue weighted by atomic mass is 31.1. The van der Waals surface area contributed by atoms with Crippen molar-refractivity contribution in [3.8, 4) is 0 Å². The van der Waals surface area contributed by atoms with Crippen LogP contribution in [-0.2, 0) is 4.57 Å². The van der Waals surface area contributed by atoms with Gasteiger partial charge in [-0.15, -0.1) is 0 Å². The Balaban J connectivity index is 2.73. The maximum absolute atomic E-state index is 9.03. The summed E-state index contributed by atoms with van der Waals surface area (Å²) in [5, 5.41) is 6.00. The molecule has 3 heteroatoms. The van der Waals surface area contributed by atoms with Gasteiger partial charge >= 0.3 is 0 Å². The third kappa shape index (κ3) is 1.77. The largest absolute Gasteiger partial charge is 0.300 e. The normalized spacial score (nSPS) is 7.00. The quantitative estimate of drug-likeness (QED) is 0.365. The van der Waals surface area contributed by atoms with Crippen LogP contribution < -0.4 is 0 Å². The summed E-state index contributed by atoms with van der Waals surface area (Å²) in [5.41, 5.74) is 0. The van der Waals surface area contributed by atoms with Gasteiger partial charge in [0.05, 0.1) is 5.96 Å². The molecule has 0 bridgehead atoms. The molecule has 0 amide bonds. The fourth-order valence-corrected chi connectivity index (χ4v) is 0. The minimum absolute atomic E-state index is 0.210. The Morgan fingerprint density at radius 1 is 2.00 bits per heavy atom. The topological polar surface area (TPSA) is 40.9 Å². The smallest absolute Gasteiger partial charge is 0.203 e. The molecule has 0 spiro atoms. The SMILES string of the molecule is N=CP=O. The van der Waals surface area contributed by atoms with E-state index in [1.54, 1.807) is 0 Å². The zero-order valence-electron chi connectivity index (χ0n) is 1.93. The standard InChI is InChI=1S/CH2NOP/c2-1-4-3/h1-2H. The molecule has 1 N–H and O–H groups in total. The van der Waals surface area contributed by atoms with Crippen LogP contribution in [0.5, 0.6) is 0 Å². The van der Waals surface area contributed by atoms with Crippen molar-refractivity contribution in [2.24, 2.45) is 0 Å². The molecular weight excluding hydrogens is 73.0 g/mol. The third-order valence-electron chi connectivity index (χ3n) is 0.0527. The van der Waals surface area contributed by atoms with E-state index in [1.807, 2.05) is 0 Å². The van der Waals surface area contributed by atoms with Crippen LogP contribution in [0.2, 0.25) is 0 Å². The van der Waals surface area contributed by atoms with E-state index in [-0.39, 0.29) is 8.46 Å². The van der Waals surface area contributed by atoms with Gasteiger partial charge in [0.15, 0.2) is 0 Å². The Kier molecular flexibility index (Phi) is 2.61. The van der Waals surface area contributed by atoms with E-state index in [9.17, 15) is 0 Å². The van der Waals surface area contributed by atoms with E-state index in [1.165, 1.54) is 0 Å². The first-order valence-corrected chi connectivity index (χ1v) is 1.61. The molecule has 4 heavy (non-hydrogen) atoms. The van der Waals surface area contributed by atoms with Crippen LogP contribution in [0.4, 0.5) is 0 Å². The van der Waals surface area contributed by atoms with Crippen molar-refractivity contribution in [1.29, 1.82) is 5.41 Å². The summed E-state index contributed by atoms with van der Waals surface area (Å²) in [5.74, 6) is 0.792. The second kappa shape index (κ2) is 2.77. The second-order valence-corrected chi connectivity index (χ2v) is 0.704. The van der Waals surface area contributed by atoms with Crippen molar-refractivity contribution in [3.05, 3.63) is 0 Å². The van der Waals surface area contributed by atoms with Gasteiger partial charge in [-0.05, 0) is 0 Å². The van der Waals surface area contributed by atoms with Crippen molar-refractivity contribution in [3.63, 3.8) is 0 Å². The molecule has 0 saturated heterocycles. The molecule has 0 aliphatic carbocycles. The molecule has 0 aromatic heterocycles. The van der Waals surface area contributed by atoms with Crippen molar-refractivity contribution in [1.82, 2.24) is 0 Å². The molecular formula is CH2NOP. The summed E-state index contributed by atoms with van der Waals surface area (Å²) in [7, 11) is -0.210. The molecule has 0 heterocycles. The van der Waals surface area contributed by atoms with E-state index in [0.717, 1.165) is 5.96 Å². The van der Waals surface area contributed by atoms with Gasteiger partial charge in [-0.3, -0.25) is 4.57 Å². The number of hydrogen-bond donors (Lipinski definition) is 1. The number of rotatable bonds is 1. The Hall–Kier alpha value is -0.230. The molecule has 0 unspecified atom stereocenters. The predicted octanol–water partition coefficient (Wildman–Crippen LogP) is 0.885. The molecule has 0 saturated carbocycles. The molecule has 0 radical (unpaired) electrons. The summed E-state index contributed by atoms with van der Waals surface area (Å²) in [4.78, 5) is 0. The Bertz CT molecular complexity index is 29.0. The van der Waals surface area contributed by atoms with Crippen LogP contribution in [0, 0.1) is 5.41 Å². The van der Waals surface area contributed by atoms with Crippen LogP contribution in [0.1, 0.15) is 0 Å². The lowest BCUT2D eigenvalue weighted by Crippen LogP contribution is -1.25. The van der Waals surface area contributed by atoms with Gasteiger partial charge in [0.25, 0.3) is 0 Å². The van der Waals surface area contributed by atoms with Crippen molar-refractivity contribution in [2.45, 2.75) is 0 Å². The first-order valence-electron chi connectivity index (χ1n) is 0.729. The average molecular weight is 75.0 g/mol. The van der Waals surface area contributed by atoms with Gasteiger partial charge in [0.1, 0.15) is 0 Å². The highest BCUT2D eigenvalue weighted by Gasteiger charge is 1.44.